The van der Waals surface area contributed by atoms with Gasteiger partial charge in [-0.1, -0.05) is 6.07 Å². The van der Waals surface area contributed by atoms with Crippen molar-refractivity contribution in [2.45, 2.75) is 24.7 Å². The van der Waals surface area contributed by atoms with Crippen LogP contribution in [0, 0.1) is 11.3 Å². The minimum Gasteiger partial charge on any atom is -0.362 e. The SMILES string of the molecule is CN(C)c1ncccc1C1(C#N)CCC1. The molecule has 1 fully saturated rings. The van der Waals surface area contributed by atoms with E-state index in [4.69, 9.17) is 0 Å². The molecule has 0 aliphatic heterocycles. The fourth-order valence-electron chi connectivity index (χ4n) is 2.10. The Bertz CT molecular complexity index is 400. The molecule has 1 aromatic heterocycles. The van der Waals surface area contributed by atoms with Crippen LogP contribution in [-0.4, -0.2) is 19.1 Å². The first-order chi connectivity index (χ1) is 7.19. The van der Waals surface area contributed by atoms with Crippen molar-refractivity contribution in [3.05, 3.63) is 23.9 Å². The molecule has 78 valence electrons. The summed E-state index contributed by atoms with van der Waals surface area (Å²) in [5.41, 5.74) is 0.817. The number of anilines is 1. The lowest BCUT2D eigenvalue weighted by atomic mass is 9.65. The summed E-state index contributed by atoms with van der Waals surface area (Å²) in [6.45, 7) is 0. The molecule has 3 nitrogen and oxygen atoms in total. The highest BCUT2D eigenvalue weighted by Crippen LogP contribution is 2.45. The largest absolute Gasteiger partial charge is 0.362 e. The number of hydrogen-bond donors (Lipinski definition) is 0. The maximum Gasteiger partial charge on any atom is 0.132 e. The molecule has 15 heavy (non-hydrogen) atoms. The summed E-state index contributed by atoms with van der Waals surface area (Å²) in [7, 11) is 3.94. The molecular formula is C12H15N3. The zero-order valence-electron chi connectivity index (χ0n) is 9.20. The normalized spacial score (nSPS) is 17.7. The van der Waals surface area contributed by atoms with Gasteiger partial charge in [-0.2, -0.15) is 5.26 Å². The fraction of sp³-hybridized carbons (Fsp3) is 0.500. The van der Waals surface area contributed by atoms with Gasteiger partial charge in [-0.05, 0) is 25.3 Å². The van der Waals surface area contributed by atoms with Crippen molar-refractivity contribution < 1.29 is 0 Å². The van der Waals surface area contributed by atoms with Crippen LogP contribution in [0.2, 0.25) is 0 Å². The van der Waals surface area contributed by atoms with Gasteiger partial charge in [0.2, 0.25) is 0 Å². The zero-order valence-corrected chi connectivity index (χ0v) is 9.20. The maximum atomic E-state index is 9.30. The average molecular weight is 201 g/mol. The fourth-order valence-corrected chi connectivity index (χ4v) is 2.10. The summed E-state index contributed by atoms with van der Waals surface area (Å²) >= 11 is 0. The van der Waals surface area contributed by atoms with Gasteiger partial charge in [-0.3, -0.25) is 0 Å². The molecule has 0 spiro atoms. The van der Waals surface area contributed by atoms with Gasteiger partial charge in [0.15, 0.2) is 0 Å². The van der Waals surface area contributed by atoms with Crippen LogP contribution in [0.3, 0.4) is 0 Å². The summed E-state index contributed by atoms with van der Waals surface area (Å²) in [4.78, 5) is 6.33. The highest BCUT2D eigenvalue weighted by atomic mass is 15.1. The van der Waals surface area contributed by atoms with Crippen molar-refractivity contribution >= 4 is 5.82 Å². The third-order valence-electron chi connectivity index (χ3n) is 3.15. The summed E-state index contributed by atoms with van der Waals surface area (Å²) in [6.07, 6.45) is 4.87. The second-order valence-corrected chi connectivity index (χ2v) is 4.32. The third kappa shape index (κ3) is 1.46. The predicted octanol–water partition coefficient (Wildman–Crippen LogP) is 2.09. The van der Waals surface area contributed by atoms with Crippen molar-refractivity contribution in [3.63, 3.8) is 0 Å². The number of nitriles is 1. The van der Waals surface area contributed by atoms with E-state index in [9.17, 15) is 5.26 Å². The molecular weight excluding hydrogens is 186 g/mol. The molecule has 0 unspecified atom stereocenters. The van der Waals surface area contributed by atoms with E-state index in [1.807, 2.05) is 31.1 Å². The molecule has 0 saturated heterocycles. The zero-order chi connectivity index (χ0) is 10.9. The Morgan fingerprint density at radius 1 is 1.47 bits per heavy atom. The van der Waals surface area contributed by atoms with E-state index in [2.05, 4.69) is 11.1 Å². The molecule has 1 heterocycles. The summed E-state index contributed by atoms with van der Waals surface area (Å²) in [6, 6.07) is 6.41. The Morgan fingerprint density at radius 3 is 2.67 bits per heavy atom. The van der Waals surface area contributed by atoms with Gasteiger partial charge in [0, 0.05) is 25.9 Å². The van der Waals surface area contributed by atoms with Gasteiger partial charge >= 0.3 is 0 Å². The lowest BCUT2D eigenvalue weighted by molar-refractivity contribution is 0.324. The van der Waals surface area contributed by atoms with E-state index in [-0.39, 0.29) is 5.41 Å². The Hall–Kier alpha value is -1.56. The van der Waals surface area contributed by atoms with Crippen LogP contribution in [0.5, 0.6) is 0 Å². The van der Waals surface area contributed by atoms with Gasteiger partial charge in [0.1, 0.15) is 5.82 Å². The van der Waals surface area contributed by atoms with Crippen LogP contribution < -0.4 is 4.90 Å². The van der Waals surface area contributed by atoms with Crippen molar-refractivity contribution in [2.24, 2.45) is 0 Å². The van der Waals surface area contributed by atoms with Gasteiger partial charge in [-0.25, -0.2) is 4.98 Å². The molecule has 0 atom stereocenters. The predicted molar refractivity (Wildman–Crippen MR) is 59.7 cm³/mol. The van der Waals surface area contributed by atoms with E-state index < -0.39 is 0 Å². The van der Waals surface area contributed by atoms with Crippen LogP contribution in [0.1, 0.15) is 24.8 Å². The van der Waals surface area contributed by atoms with Crippen LogP contribution in [0.4, 0.5) is 5.82 Å². The van der Waals surface area contributed by atoms with Crippen LogP contribution in [0.15, 0.2) is 18.3 Å². The number of aromatic nitrogens is 1. The molecule has 1 aromatic rings. The van der Waals surface area contributed by atoms with Gasteiger partial charge in [0.05, 0.1) is 11.5 Å². The second-order valence-electron chi connectivity index (χ2n) is 4.32. The summed E-state index contributed by atoms with van der Waals surface area (Å²) in [5, 5.41) is 9.30. The van der Waals surface area contributed by atoms with E-state index in [1.165, 1.54) is 0 Å². The molecule has 1 aliphatic carbocycles. The minimum atomic E-state index is -0.270. The lowest BCUT2D eigenvalue weighted by Gasteiger charge is -2.37. The molecule has 3 heteroatoms. The Labute approximate surface area is 90.4 Å². The maximum absolute atomic E-state index is 9.30. The van der Waals surface area contributed by atoms with Crippen molar-refractivity contribution in [1.29, 1.82) is 5.26 Å². The molecule has 0 aromatic carbocycles. The van der Waals surface area contributed by atoms with Crippen LogP contribution in [-0.2, 0) is 5.41 Å². The molecule has 1 saturated carbocycles. The average Bonchev–Trinajstić information content (AvgIpc) is 2.17. The number of pyridine rings is 1. The van der Waals surface area contributed by atoms with Gasteiger partial charge < -0.3 is 4.90 Å². The second kappa shape index (κ2) is 3.54. The summed E-state index contributed by atoms with van der Waals surface area (Å²) < 4.78 is 0. The van der Waals surface area contributed by atoms with Crippen molar-refractivity contribution in [3.8, 4) is 6.07 Å². The molecule has 0 N–H and O–H groups in total. The minimum absolute atomic E-state index is 0.270. The number of hydrogen-bond acceptors (Lipinski definition) is 3. The first-order valence-corrected chi connectivity index (χ1v) is 5.24. The molecule has 0 bridgehead atoms. The monoisotopic (exact) mass is 201 g/mol. The molecule has 0 radical (unpaired) electrons. The Morgan fingerprint density at radius 2 is 2.20 bits per heavy atom. The summed E-state index contributed by atoms with van der Waals surface area (Å²) in [5.74, 6) is 0.929. The molecule has 1 aliphatic rings. The Balaban J connectivity index is 2.48. The van der Waals surface area contributed by atoms with Crippen LogP contribution in [0.25, 0.3) is 0 Å². The first kappa shape index (κ1) is 9.97. The highest BCUT2D eigenvalue weighted by molar-refractivity contribution is 5.53. The quantitative estimate of drug-likeness (QED) is 0.735. The standard InChI is InChI=1S/C12H15N3/c1-15(2)11-10(5-3-8-14-11)12(9-13)6-4-7-12/h3,5,8H,4,6-7H2,1-2H3. The molecule has 2 rings (SSSR count). The van der Waals surface area contributed by atoms with E-state index in [1.54, 1.807) is 6.20 Å². The Kier molecular flexibility index (Phi) is 2.36. The van der Waals surface area contributed by atoms with Crippen LogP contribution >= 0.6 is 0 Å². The highest BCUT2D eigenvalue weighted by Gasteiger charge is 2.41. The van der Waals surface area contributed by atoms with Crippen molar-refractivity contribution in [2.75, 3.05) is 19.0 Å². The first-order valence-electron chi connectivity index (χ1n) is 5.24. The number of rotatable bonds is 2. The molecule has 0 amide bonds. The van der Waals surface area contributed by atoms with E-state index >= 15 is 0 Å². The topological polar surface area (TPSA) is 39.9 Å². The third-order valence-corrected chi connectivity index (χ3v) is 3.15. The van der Waals surface area contributed by atoms with E-state index in [0.29, 0.717) is 0 Å². The number of nitrogens with zero attached hydrogens (tertiary/aromatic N) is 3. The lowest BCUT2D eigenvalue weighted by Crippen LogP contribution is -2.34. The van der Waals surface area contributed by atoms with Gasteiger partial charge in [-0.15, -0.1) is 0 Å². The van der Waals surface area contributed by atoms with Crippen molar-refractivity contribution in [1.82, 2.24) is 4.98 Å². The smallest absolute Gasteiger partial charge is 0.132 e. The van der Waals surface area contributed by atoms with Gasteiger partial charge in [0.25, 0.3) is 0 Å². The van der Waals surface area contributed by atoms with E-state index in [0.717, 1.165) is 30.6 Å².